The number of urea groups is 1. The molecule has 2 amide bonds. The van der Waals surface area contributed by atoms with Crippen molar-refractivity contribution in [1.82, 2.24) is 15.5 Å². The molecule has 0 atom stereocenters. The molecule has 0 aliphatic rings. The average Bonchev–Trinajstić information content (AvgIpc) is 2.64. The van der Waals surface area contributed by atoms with Crippen molar-refractivity contribution in [2.45, 2.75) is 20.0 Å². The van der Waals surface area contributed by atoms with E-state index in [4.69, 9.17) is 4.74 Å². The number of hydrogen-bond donors (Lipinski definition) is 2. The van der Waals surface area contributed by atoms with E-state index in [1.165, 1.54) is 5.56 Å². The Morgan fingerprint density at radius 1 is 1.04 bits per heavy atom. The maximum Gasteiger partial charge on any atom is 0.315 e. The molecule has 0 spiro atoms. The van der Waals surface area contributed by atoms with Crippen LogP contribution >= 0.6 is 0 Å². The summed E-state index contributed by atoms with van der Waals surface area (Å²) < 4.78 is 5.21. The first kappa shape index (κ1) is 19.9. The third kappa shape index (κ3) is 6.50. The molecule has 2 rings (SSSR count). The van der Waals surface area contributed by atoms with Crippen LogP contribution in [0, 0.1) is 0 Å². The summed E-state index contributed by atoms with van der Waals surface area (Å²) in [6.07, 6.45) is 0. The van der Waals surface area contributed by atoms with Gasteiger partial charge in [-0.3, -0.25) is 0 Å². The average molecular weight is 355 g/mol. The quantitative estimate of drug-likeness (QED) is 0.679. The van der Waals surface area contributed by atoms with Gasteiger partial charge in [-0.2, -0.15) is 0 Å². The molecule has 0 radical (unpaired) electrons. The lowest BCUT2D eigenvalue weighted by Gasteiger charge is -2.13. The zero-order valence-electron chi connectivity index (χ0n) is 15.9. The highest BCUT2D eigenvalue weighted by Gasteiger charge is 2.07. The van der Waals surface area contributed by atoms with Gasteiger partial charge >= 0.3 is 6.03 Å². The number of carbonyl (C=O) groups is 1. The minimum absolute atomic E-state index is 0.180. The molecule has 5 heteroatoms. The smallest absolute Gasteiger partial charge is 0.315 e. The molecule has 0 unspecified atom stereocenters. The van der Waals surface area contributed by atoms with Crippen molar-refractivity contribution < 1.29 is 9.53 Å². The SMILES string of the molecule is CCOCCNC(=O)NCc1ccccc1-c1ccc(CN(C)C)cc1. The summed E-state index contributed by atoms with van der Waals surface area (Å²) in [5.41, 5.74) is 4.66. The summed E-state index contributed by atoms with van der Waals surface area (Å²) in [5, 5.41) is 5.70. The molecule has 0 saturated carbocycles. The Hall–Kier alpha value is -2.37. The van der Waals surface area contributed by atoms with Crippen LogP contribution in [0.2, 0.25) is 0 Å². The molecule has 5 nitrogen and oxygen atoms in total. The van der Waals surface area contributed by atoms with Crippen LogP contribution in [-0.2, 0) is 17.8 Å². The Morgan fingerprint density at radius 3 is 2.46 bits per heavy atom. The predicted molar refractivity (Wildman–Crippen MR) is 106 cm³/mol. The Morgan fingerprint density at radius 2 is 1.77 bits per heavy atom. The van der Waals surface area contributed by atoms with E-state index in [0.717, 1.165) is 23.2 Å². The fraction of sp³-hybridized carbons (Fsp3) is 0.381. The number of nitrogens with zero attached hydrogens (tertiary/aromatic N) is 1. The minimum Gasteiger partial charge on any atom is -0.380 e. The Balaban J connectivity index is 1.98. The van der Waals surface area contributed by atoms with E-state index in [-0.39, 0.29) is 6.03 Å². The second-order valence-corrected chi connectivity index (χ2v) is 6.40. The van der Waals surface area contributed by atoms with Crippen LogP contribution in [0.1, 0.15) is 18.1 Å². The number of hydrogen-bond acceptors (Lipinski definition) is 3. The zero-order chi connectivity index (χ0) is 18.8. The molecule has 2 aromatic carbocycles. The number of rotatable bonds is 9. The van der Waals surface area contributed by atoms with Gasteiger partial charge in [0, 0.05) is 26.2 Å². The standard InChI is InChI=1S/C21H29N3O2/c1-4-26-14-13-22-21(25)23-15-19-7-5-6-8-20(19)18-11-9-17(10-12-18)16-24(2)3/h5-12H,4,13-16H2,1-3H3,(H2,22,23,25). The molecule has 0 aliphatic carbocycles. The van der Waals surface area contributed by atoms with Crippen LogP contribution in [0.15, 0.2) is 48.5 Å². The molecule has 2 aromatic rings. The fourth-order valence-corrected chi connectivity index (χ4v) is 2.73. The van der Waals surface area contributed by atoms with E-state index in [2.05, 4.69) is 60.0 Å². The van der Waals surface area contributed by atoms with Crippen LogP contribution in [-0.4, -0.2) is 44.8 Å². The Labute approximate surface area is 156 Å². The molecule has 2 N–H and O–H groups in total. The van der Waals surface area contributed by atoms with Crippen LogP contribution in [0.4, 0.5) is 4.79 Å². The summed E-state index contributed by atoms with van der Waals surface area (Å²) >= 11 is 0. The molecule has 26 heavy (non-hydrogen) atoms. The summed E-state index contributed by atoms with van der Waals surface area (Å²) in [4.78, 5) is 14.0. The molecular formula is C21H29N3O2. The van der Waals surface area contributed by atoms with E-state index in [9.17, 15) is 4.79 Å². The summed E-state index contributed by atoms with van der Waals surface area (Å²) in [5.74, 6) is 0. The topological polar surface area (TPSA) is 53.6 Å². The van der Waals surface area contributed by atoms with Crippen molar-refractivity contribution in [1.29, 1.82) is 0 Å². The van der Waals surface area contributed by atoms with Crippen molar-refractivity contribution in [3.05, 3.63) is 59.7 Å². The van der Waals surface area contributed by atoms with Crippen molar-refractivity contribution in [2.24, 2.45) is 0 Å². The minimum atomic E-state index is -0.180. The molecular weight excluding hydrogens is 326 g/mol. The third-order valence-electron chi connectivity index (χ3n) is 3.96. The highest BCUT2D eigenvalue weighted by molar-refractivity contribution is 5.74. The van der Waals surface area contributed by atoms with Crippen LogP contribution < -0.4 is 10.6 Å². The number of carbonyl (C=O) groups excluding carboxylic acids is 1. The first-order chi connectivity index (χ1) is 12.6. The first-order valence-electron chi connectivity index (χ1n) is 9.01. The molecule has 0 aliphatic heterocycles. The van der Waals surface area contributed by atoms with Crippen LogP contribution in [0.25, 0.3) is 11.1 Å². The van der Waals surface area contributed by atoms with Crippen molar-refractivity contribution in [3.63, 3.8) is 0 Å². The van der Waals surface area contributed by atoms with Crippen LogP contribution in [0.5, 0.6) is 0 Å². The first-order valence-corrected chi connectivity index (χ1v) is 9.01. The van der Waals surface area contributed by atoms with Crippen LogP contribution in [0.3, 0.4) is 0 Å². The fourth-order valence-electron chi connectivity index (χ4n) is 2.73. The maximum absolute atomic E-state index is 11.9. The summed E-state index contributed by atoms with van der Waals surface area (Å²) in [7, 11) is 4.13. The number of amides is 2. The van der Waals surface area contributed by atoms with E-state index < -0.39 is 0 Å². The van der Waals surface area contributed by atoms with E-state index in [1.807, 2.05) is 25.1 Å². The van der Waals surface area contributed by atoms with Gasteiger partial charge < -0.3 is 20.3 Å². The molecule has 140 valence electrons. The van der Waals surface area contributed by atoms with Crippen molar-refractivity contribution in [2.75, 3.05) is 33.9 Å². The zero-order valence-corrected chi connectivity index (χ0v) is 15.9. The monoisotopic (exact) mass is 355 g/mol. The highest BCUT2D eigenvalue weighted by atomic mass is 16.5. The van der Waals surface area contributed by atoms with Gasteiger partial charge in [0.15, 0.2) is 0 Å². The summed E-state index contributed by atoms with van der Waals surface area (Å²) in [6.45, 7) is 5.03. The Kier molecular flexibility index (Phi) is 8.12. The maximum atomic E-state index is 11.9. The van der Waals surface area contributed by atoms with Gasteiger partial charge in [0.2, 0.25) is 0 Å². The lowest BCUT2D eigenvalue weighted by atomic mass is 9.98. The second kappa shape index (κ2) is 10.6. The second-order valence-electron chi connectivity index (χ2n) is 6.40. The van der Waals surface area contributed by atoms with Gasteiger partial charge in [-0.1, -0.05) is 48.5 Å². The molecule has 0 bridgehead atoms. The van der Waals surface area contributed by atoms with E-state index >= 15 is 0 Å². The highest BCUT2D eigenvalue weighted by Crippen LogP contribution is 2.24. The summed E-state index contributed by atoms with van der Waals surface area (Å²) in [6, 6.07) is 16.6. The van der Waals surface area contributed by atoms with Crippen molar-refractivity contribution in [3.8, 4) is 11.1 Å². The number of ether oxygens (including phenoxy) is 1. The largest absolute Gasteiger partial charge is 0.380 e. The van der Waals surface area contributed by atoms with Crippen molar-refractivity contribution >= 4 is 6.03 Å². The van der Waals surface area contributed by atoms with Gasteiger partial charge in [0.05, 0.1) is 6.61 Å². The molecule has 0 saturated heterocycles. The van der Waals surface area contributed by atoms with Gasteiger partial charge in [-0.25, -0.2) is 4.79 Å². The predicted octanol–water partition coefficient (Wildman–Crippen LogP) is 3.25. The van der Waals surface area contributed by atoms with Gasteiger partial charge in [0.1, 0.15) is 0 Å². The van der Waals surface area contributed by atoms with E-state index in [0.29, 0.717) is 26.3 Å². The third-order valence-corrected chi connectivity index (χ3v) is 3.96. The number of nitrogens with one attached hydrogen (secondary N) is 2. The van der Waals surface area contributed by atoms with Gasteiger partial charge in [0.25, 0.3) is 0 Å². The normalized spacial score (nSPS) is 10.8. The lowest BCUT2D eigenvalue weighted by molar-refractivity contribution is 0.149. The van der Waals surface area contributed by atoms with E-state index in [1.54, 1.807) is 0 Å². The Bertz CT molecular complexity index is 684. The molecule has 0 fully saturated rings. The number of benzene rings is 2. The lowest BCUT2D eigenvalue weighted by Crippen LogP contribution is -2.37. The van der Waals surface area contributed by atoms with Gasteiger partial charge in [-0.05, 0) is 43.3 Å². The molecule has 0 heterocycles. The van der Waals surface area contributed by atoms with Gasteiger partial charge in [-0.15, -0.1) is 0 Å². The molecule has 0 aromatic heterocycles.